The largest absolute Gasteiger partial charge is 0.383 e. The third-order valence-electron chi connectivity index (χ3n) is 3.34. The van der Waals surface area contributed by atoms with Crippen LogP contribution in [0.15, 0.2) is 12.1 Å². The highest BCUT2D eigenvalue weighted by Gasteiger charge is 2.13. The molecule has 0 aliphatic rings. The van der Waals surface area contributed by atoms with Crippen molar-refractivity contribution in [2.45, 2.75) is 53.2 Å². The predicted octanol–water partition coefficient (Wildman–Crippen LogP) is 2.75. The molecular formula is C16H29N3O. The van der Waals surface area contributed by atoms with Gasteiger partial charge in [0.15, 0.2) is 0 Å². The number of aryl methyl sites for hydroxylation is 1. The highest BCUT2D eigenvalue weighted by Crippen LogP contribution is 2.17. The summed E-state index contributed by atoms with van der Waals surface area (Å²) in [7, 11) is 1.73. The van der Waals surface area contributed by atoms with Gasteiger partial charge in [0.05, 0.1) is 6.61 Å². The average molecular weight is 279 g/mol. The monoisotopic (exact) mass is 279 g/mol. The van der Waals surface area contributed by atoms with Gasteiger partial charge in [0, 0.05) is 38.0 Å². The summed E-state index contributed by atoms with van der Waals surface area (Å²) in [4.78, 5) is 7.03. The second-order valence-corrected chi connectivity index (χ2v) is 5.73. The molecule has 0 saturated carbocycles. The van der Waals surface area contributed by atoms with Crippen LogP contribution in [-0.2, 0) is 11.3 Å². The number of nitrogens with one attached hydrogen (secondary N) is 1. The lowest BCUT2D eigenvalue weighted by Crippen LogP contribution is -2.34. The van der Waals surface area contributed by atoms with Crippen molar-refractivity contribution in [3.05, 3.63) is 23.4 Å². The lowest BCUT2D eigenvalue weighted by Gasteiger charge is -2.28. The van der Waals surface area contributed by atoms with Crippen LogP contribution in [0.5, 0.6) is 0 Å². The molecule has 0 atom stereocenters. The number of nitrogens with zero attached hydrogens (tertiary/aromatic N) is 2. The van der Waals surface area contributed by atoms with E-state index < -0.39 is 0 Å². The van der Waals surface area contributed by atoms with Crippen LogP contribution in [0.3, 0.4) is 0 Å². The first kappa shape index (κ1) is 16.9. The van der Waals surface area contributed by atoms with Crippen molar-refractivity contribution in [3.8, 4) is 0 Å². The Hall–Kier alpha value is -1.13. The minimum Gasteiger partial charge on any atom is -0.383 e. The average Bonchev–Trinajstić information content (AvgIpc) is 2.37. The molecule has 1 N–H and O–H groups in total. The maximum Gasteiger partial charge on any atom is 0.129 e. The molecule has 20 heavy (non-hydrogen) atoms. The molecule has 0 amide bonds. The van der Waals surface area contributed by atoms with Crippen LogP contribution in [0.2, 0.25) is 0 Å². The molecule has 1 rings (SSSR count). The van der Waals surface area contributed by atoms with Crippen molar-refractivity contribution in [1.82, 2.24) is 10.3 Å². The molecule has 4 nitrogen and oxygen atoms in total. The Morgan fingerprint density at radius 1 is 1.25 bits per heavy atom. The molecule has 0 radical (unpaired) electrons. The molecular weight excluding hydrogens is 250 g/mol. The van der Waals surface area contributed by atoms with E-state index in [1.54, 1.807) is 7.11 Å². The summed E-state index contributed by atoms with van der Waals surface area (Å²) < 4.78 is 5.18. The van der Waals surface area contributed by atoms with Gasteiger partial charge in [-0.2, -0.15) is 0 Å². The molecule has 0 saturated heterocycles. The Morgan fingerprint density at radius 2 is 1.95 bits per heavy atom. The molecule has 0 spiro atoms. The highest BCUT2D eigenvalue weighted by atomic mass is 16.5. The summed E-state index contributed by atoms with van der Waals surface area (Å²) in [6.07, 6.45) is 0. The number of rotatable bonds is 8. The molecule has 0 aromatic carbocycles. The van der Waals surface area contributed by atoms with E-state index in [2.05, 4.69) is 57.0 Å². The van der Waals surface area contributed by atoms with E-state index in [0.29, 0.717) is 12.1 Å². The fourth-order valence-corrected chi connectivity index (χ4v) is 2.06. The summed E-state index contributed by atoms with van der Waals surface area (Å²) in [5.41, 5.74) is 2.36. The predicted molar refractivity (Wildman–Crippen MR) is 85.3 cm³/mol. The summed E-state index contributed by atoms with van der Waals surface area (Å²) in [6, 6.07) is 5.19. The SMILES string of the molecule is COCCN(c1ccc(CNC(C)C)c(C)n1)C(C)C. The Balaban J connectivity index is 2.82. The van der Waals surface area contributed by atoms with Crippen LogP contribution in [0.4, 0.5) is 5.82 Å². The van der Waals surface area contributed by atoms with Gasteiger partial charge in [0.25, 0.3) is 0 Å². The Bertz CT molecular complexity index is 405. The quantitative estimate of drug-likeness (QED) is 0.794. The third-order valence-corrected chi connectivity index (χ3v) is 3.34. The number of hydrogen-bond donors (Lipinski definition) is 1. The van der Waals surface area contributed by atoms with Gasteiger partial charge in [-0.1, -0.05) is 19.9 Å². The fraction of sp³-hybridized carbons (Fsp3) is 0.688. The summed E-state index contributed by atoms with van der Waals surface area (Å²) in [6.45, 7) is 13.2. The Morgan fingerprint density at radius 3 is 2.45 bits per heavy atom. The third kappa shape index (κ3) is 5.10. The van der Waals surface area contributed by atoms with Gasteiger partial charge in [-0.05, 0) is 32.4 Å². The molecule has 0 aliphatic heterocycles. The number of pyridine rings is 1. The van der Waals surface area contributed by atoms with Crippen molar-refractivity contribution in [2.75, 3.05) is 25.2 Å². The van der Waals surface area contributed by atoms with E-state index in [9.17, 15) is 0 Å². The number of hydrogen-bond acceptors (Lipinski definition) is 4. The summed E-state index contributed by atoms with van der Waals surface area (Å²) >= 11 is 0. The van der Waals surface area contributed by atoms with E-state index in [4.69, 9.17) is 9.72 Å². The van der Waals surface area contributed by atoms with Crippen LogP contribution in [0, 0.1) is 6.92 Å². The molecule has 1 heterocycles. The van der Waals surface area contributed by atoms with E-state index in [1.165, 1.54) is 5.56 Å². The zero-order valence-corrected chi connectivity index (χ0v) is 13.7. The van der Waals surface area contributed by atoms with E-state index in [-0.39, 0.29) is 0 Å². The number of aromatic nitrogens is 1. The Kier molecular flexibility index (Phi) is 6.96. The molecule has 114 valence electrons. The van der Waals surface area contributed by atoms with Gasteiger partial charge in [0.2, 0.25) is 0 Å². The van der Waals surface area contributed by atoms with Crippen LogP contribution in [-0.4, -0.2) is 37.3 Å². The van der Waals surface area contributed by atoms with Gasteiger partial charge in [-0.15, -0.1) is 0 Å². The van der Waals surface area contributed by atoms with Crippen molar-refractivity contribution < 1.29 is 4.74 Å². The topological polar surface area (TPSA) is 37.4 Å². The first-order chi connectivity index (χ1) is 9.45. The highest BCUT2D eigenvalue weighted by molar-refractivity contribution is 5.42. The van der Waals surface area contributed by atoms with Crippen molar-refractivity contribution in [2.24, 2.45) is 0 Å². The molecule has 1 aromatic rings. The van der Waals surface area contributed by atoms with Crippen LogP contribution < -0.4 is 10.2 Å². The van der Waals surface area contributed by atoms with E-state index in [0.717, 1.165) is 31.2 Å². The normalized spacial score (nSPS) is 11.4. The van der Waals surface area contributed by atoms with Gasteiger partial charge < -0.3 is 15.0 Å². The van der Waals surface area contributed by atoms with Crippen molar-refractivity contribution in [1.29, 1.82) is 0 Å². The van der Waals surface area contributed by atoms with Crippen molar-refractivity contribution >= 4 is 5.82 Å². The molecule has 1 aromatic heterocycles. The van der Waals surface area contributed by atoms with Gasteiger partial charge in [-0.25, -0.2) is 4.98 Å². The van der Waals surface area contributed by atoms with Gasteiger partial charge in [0.1, 0.15) is 5.82 Å². The first-order valence-corrected chi connectivity index (χ1v) is 7.41. The Labute approximate surface area is 123 Å². The van der Waals surface area contributed by atoms with Crippen LogP contribution in [0.25, 0.3) is 0 Å². The zero-order valence-electron chi connectivity index (χ0n) is 13.7. The molecule has 0 fully saturated rings. The minimum absolute atomic E-state index is 0.414. The van der Waals surface area contributed by atoms with Gasteiger partial charge in [-0.3, -0.25) is 0 Å². The molecule has 0 aliphatic carbocycles. The molecule has 0 bridgehead atoms. The number of ether oxygens (including phenoxy) is 1. The summed E-state index contributed by atoms with van der Waals surface area (Å²) in [5, 5.41) is 3.43. The lowest BCUT2D eigenvalue weighted by atomic mass is 10.2. The number of methoxy groups -OCH3 is 1. The smallest absolute Gasteiger partial charge is 0.129 e. The second-order valence-electron chi connectivity index (χ2n) is 5.73. The first-order valence-electron chi connectivity index (χ1n) is 7.41. The van der Waals surface area contributed by atoms with E-state index in [1.807, 2.05) is 0 Å². The summed E-state index contributed by atoms with van der Waals surface area (Å²) in [5.74, 6) is 1.03. The molecule has 4 heteroatoms. The van der Waals surface area contributed by atoms with Crippen LogP contribution >= 0.6 is 0 Å². The fourth-order valence-electron chi connectivity index (χ4n) is 2.06. The van der Waals surface area contributed by atoms with Crippen molar-refractivity contribution in [3.63, 3.8) is 0 Å². The molecule has 0 unspecified atom stereocenters. The maximum atomic E-state index is 5.18. The van der Waals surface area contributed by atoms with Gasteiger partial charge >= 0.3 is 0 Å². The lowest BCUT2D eigenvalue weighted by molar-refractivity contribution is 0.203. The second kappa shape index (κ2) is 8.22. The number of anilines is 1. The van der Waals surface area contributed by atoms with Crippen LogP contribution in [0.1, 0.15) is 39.0 Å². The van der Waals surface area contributed by atoms with E-state index >= 15 is 0 Å². The minimum atomic E-state index is 0.414. The standard InChI is InChI=1S/C16H29N3O/c1-12(2)17-11-15-7-8-16(18-14(15)5)19(13(3)4)9-10-20-6/h7-8,12-13,17H,9-11H2,1-6H3. The zero-order chi connectivity index (χ0) is 15.1. The maximum absolute atomic E-state index is 5.18.